The van der Waals surface area contributed by atoms with Crippen LogP contribution in [0.25, 0.3) is 0 Å². The number of likely N-dealkylation sites (N-methyl/N-ethyl adjacent to an activating group) is 1. The number of ether oxygens (including phenoxy) is 2. The number of phosphoric acid groups is 1. The molecule has 0 rings (SSSR count). The molecular formula is C52H95NO8P+. The second kappa shape index (κ2) is 43.9. The third-order valence-electron chi connectivity index (χ3n) is 10.6. The van der Waals surface area contributed by atoms with Crippen LogP contribution in [-0.4, -0.2) is 74.9 Å². The van der Waals surface area contributed by atoms with E-state index < -0.39 is 32.5 Å². The van der Waals surface area contributed by atoms with Crippen molar-refractivity contribution in [1.29, 1.82) is 0 Å². The van der Waals surface area contributed by atoms with Crippen molar-refractivity contribution >= 4 is 19.8 Å². The molecule has 1 unspecified atom stereocenters. The molecule has 0 aromatic carbocycles. The number of unbranched alkanes of at least 4 members (excludes halogenated alkanes) is 21. The van der Waals surface area contributed by atoms with Crippen LogP contribution in [0.2, 0.25) is 0 Å². The molecule has 0 amide bonds. The van der Waals surface area contributed by atoms with E-state index in [0.29, 0.717) is 23.9 Å². The normalized spacial score (nSPS) is 14.0. The summed E-state index contributed by atoms with van der Waals surface area (Å²) in [4.78, 5) is 35.5. The predicted molar refractivity (Wildman–Crippen MR) is 261 cm³/mol. The quantitative estimate of drug-likeness (QED) is 0.0212. The predicted octanol–water partition coefficient (Wildman–Crippen LogP) is 14.8. The van der Waals surface area contributed by atoms with Crippen LogP contribution in [0.1, 0.15) is 206 Å². The van der Waals surface area contributed by atoms with Gasteiger partial charge in [0.1, 0.15) is 19.8 Å². The van der Waals surface area contributed by atoms with Gasteiger partial charge in [0.2, 0.25) is 0 Å². The molecule has 2 atom stereocenters. The fraction of sp³-hybridized carbons (Fsp3) is 0.769. The van der Waals surface area contributed by atoms with Crippen LogP contribution in [0.5, 0.6) is 0 Å². The lowest BCUT2D eigenvalue weighted by Gasteiger charge is -2.24. The molecule has 0 radical (unpaired) electrons. The molecule has 0 aromatic heterocycles. The molecule has 0 heterocycles. The van der Waals surface area contributed by atoms with Crippen LogP contribution < -0.4 is 0 Å². The van der Waals surface area contributed by atoms with E-state index in [2.05, 4.69) is 74.6 Å². The van der Waals surface area contributed by atoms with Crippen LogP contribution in [-0.2, 0) is 32.7 Å². The number of allylic oxidation sites excluding steroid dienone is 10. The van der Waals surface area contributed by atoms with Crippen LogP contribution in [0.15, 0.2) is 60.8 Å². The van der Waals surface area contributed by atoms with Gasteiger partial charge in [0, 0.05) is 12.8 Å². The highest BCUT2D eigenvalue weighted by molar-refractivity contribution is 7.47. The molecular weight excluding hydrogens is 798 g/mol. The Hall–Kier alpha value is -2.29. The molecule has 62 heavy (non-hydrogen) atoms. The standard InChI is InChI=1S/C52H94NO8P/c1-6-8-10-12-14-16-18-20-22-24-26-28-30-32-34-36-38-40-42-44-51(54)58-48-50(49-60-62(56,57)59-47-46-53(3,4)5)61-52(55)45-43-41-39-37-35-33-31-29-27-25-23-21-19-17-15-13-11-9-7-2/h8,10,14,16,20,22,26,28,32,34,50H,6-7,9,11-13,15,17-19,21,23-25,27,29-31,33,35-49H2,1-5H3/p+1/b10-8+,16-14+,22-20+,28-26+,34-32+/t50-/m1/s1. The van der Waals surface area contributed by atoms with Gasteiger partial charge in [-0.2, -0.15) is 0 Å². The van der Waals surface area contributed by atoms with Crippen molar-refractivity contribution in [1.82, 2.24) is 0 Å². The van der Waals surface area contributed by atoms with E-state index in [9.17, 15) is 19.0 Å². The van der Waals surface area contributed by atoms with Crippen molar-refractivity contribution in [2.45, 2.75) is 213 Å². The van der Waals surface area contributed by atoms with Gasteiger partial charge >= 0.3 is 19.8 Å². The van der Waals surface area contributed by atoms with E-state index in [0.717, 1.165) is 64.2 Å². The van der Waals surface area contributed by atoms with Crippen LogP contribution in [0.3, 0.4) is 0 Å². The fourth-order valence-corrected chi connectivity index (χ4v) is 7.43. The molecule has 1 N–H and O–H groups in total. The molecule has 0 aliphatic rings. The zero-order chi connectivity index (χ0) is 45.7. The lowest BCUT2D eigenvalue weighted by atomic mass is 10.0. The zero-order valence-electron chi connectivity index (χ0n) is 40.6. The maximum atomic E-state index is 12.7. The lowest BCUT2D eigenvalue weighted by molar-refractivity contribution is -0.870. The van der Waals surface area contributed by atoms with E-state index in [1.54, 1.807) is 0 Å². The van der Waals surface area contributed by atoms with Gasteiger partial charge in [-0.1, -0.05) is 197 Å². The Morgan fingerprint density at radius 3 is 1.37 bits per heavy atom. The molecule has 0 bridgehead atoms. The van der Waals surface area contributed by atoms with E-state index in [-0.39, 0.29) is 26.1 Å². The molecule has 0 aliphatic carbocycles. The number of hydrogen-bond donors (Lipinski definition) is 1. The van der Waals surface area contributed by atoms with Crippen molar-refractivity contribution in [3.8, 4) is 0 Å². The minimum Gasteiger partial charge on any atom is -0.462 e. The van der Waals surface area contributed by atoms with Gasteiger partial charge in [0.25, 0.3) is 0 Å². The van der Waals surface area contributed by atoms with Crippen LogP contribution >= 0.6 is 7.82 Å². The lowest BCUT2D eigenvalue weighted by Crippen LogP contribution is -2.37. The highest BCUT2D eigenvalue weighted by Crippen LogP contribution is 2.43. The molecule has 360 valence electrons. The third-order valence-corrected chi connectivity index (χ3v) is 11.5. The topological polar surface area (TPSA) is 108 Å². The third kappa shape index (κ3) is 47.2. The van der Waals surface area contributed by atoms with Gasteiger partial charge in [-0.15, -0.1) is 0 Å². The molecule has 0 fully saturated rings. The minimum absolute atomic E-state index is 0.0250. The second-order valence-corrected chi connectivity index (χ2v) is 19.3. The summed E-state index contributed by atoms with van der Waals surface area (Å²) >= 11 is 0. The summed E-state index contributed by atoms with van der Waals surface area (Å²) in [5, 5.41) is 0. The van der Waals surface area contributed by atoms with Crippen molar-refractivity contribution in [3.63, 3.8) is 0 Å². The molecule has 0 saturated carbocycles. The Morgan fingerprint density at radius 2 is 0.919 bits per heavy atom. The van der Waals surface area contributed by atoms with Gasteiger partial charge in [0.05, 0.1) is 27.7 Å². The Morgan fingerprint density at radius 1 is 0.516 bits per heavy atom. The number of esters is 2. The van der Waals surface area contributed by atoms with Crippen LogP contribution in [0.4, 0.5) is 0 Å². The maximum absolute atomic E-state index is 12.7. The molecule has 0 spiro atoms. The van der Waals surface area contributed by atoms with Crippen molar-refractivity contribution in [2.24, 2.45) is 0 Å². The molecule has 0 aliphatic heterocycles. The summed E-state index contributed by atoms with van der Waals surface area (Å²) in [6.07, 6.45) is 54.1. The highest BCUT2D eigenvalue weighted by atomic mass is 31.2. The van der Waals surface area contributed by atoms with E-state index in [1.165, 1.54) is 103 Å². The molecule has 0 saturated heterocycles. The fourth-order valence-electron chi connectivity index (χ4n) is 6.69. The van der Waals surface area contributed by atoms with Crippen molar-refractivity contribution in [2.75, 3.05) is 47.5 Å². The number of hydrogen-bond acceptors (Lipinski definition) is 7. The average molecular weight is 893 g/mol. The smallest absolute Gasteiger partial charge is 0.462 e. The number of rotatable bonds is 45. The van der Waals surface area contributed by atoms with Gasteiger partial charge in [-0.3, -0.25) is 18.6 Å². The Bertz CT molecular complexity index is 1240. The van der Waals surface area contributed by atoms with Gasteiger partial charge in [-0.05, 0) is 57.8 Å². The number of quaternary nitrogens is 1. The number of phosphoric ester groups is 1. The van der Waals surface area contributed by atoms with E-state index >= 15 is 0 Å². The Balaban J connectivity index is 4.32. The summed E-state index contributed by atoms with van der Waals surface area (Å²) < 4.78 is 34.4. The number of nitrogens with zero attached hydrogens (tertiary/aromatic N) is 1. The van der Waals surface area contributed by atoms with Crippen molar-refractivity contribution in [3.05, 3.63) is 60.8 Å². The second-order valence-electron chi connectivity index (χ2n) is 17.8. The first kappa shape index (κ1) is 59.7. The first-order valence-electron chi connectivity index (χ1n) is 25.0. The van der Waals surface area contributed by atoms with Crippen molar-refractivity contribution < 1.29 is 42.1 Å². The molecule has 10 heteroatoms. The number of carbonyl (C=O) groups excluding carboxylic acids is 2. The summed E-state index contributed by atoms with van der Waals surface area (Å²) in [5.74, 6) is -0.832. The Kier molecular flexibility index (Phi) is 42.3. The summed E-state index contributed by atoms with van der Waals surface area (Å²) in [7, 11) is 1.46. The largest absolute Gasteiger partial charge is 0.472 e. The Labute approximate surface area is 381 Å². The van der Waals surface area contributed by atoms with E-state index in [1.807, 2.05) is 21.1 Å². The first-order chi connectivity index (χ1) is 30.0. The van der Waals surface area contributed by atoms with Gasteiger partial charge in [0.15, 0.2) is 6.10 Å². The van der Waals surface area contributed by atoms with E-state index in [4.69, 9.17) is 18.5 Å². The summed E-state index contributed by atoms with van der Waals surface area (Å²) in [6, 6.07) is 0. The van der Waals surface area contributed by atoms with Crippen LogP contribution in [0, 0.1) is 0 Å². The SMILES string of the molecule is CC/C=C/C/C=C/C/C=C/C/C=C/C/C=C/CCCCCC(=O)OC[C@H](COP(=O)(O)OCC[N+](C)(C)C)OC(=O)CCCCCCCCCCCCCCCCCCCCC. The summed E-state index contributed by atoms with van der Waals surface area (Å²) in [5.41, 5.74) is 0. The summed E-state index contributed by atoms with van der Waals surface area (Å²) in [6.45, 7) is 4.29. The van der Waals surface area contributed by atoms with Gasteiger partial charge < -0.3 is 18.9 Å². The number of carbonyl (C=O) groups is 2. The molecule has 9 nitrogen and oxygen atoms in total. The molecule has 0 aromatic rings. The average Bonchev–Trinajstić information content (AvgIpc) is 3.23. The maximum Gasteiger partial charge on any atom is 0.472 e. The highest BCUT2D eigenvalue weighted by Gasteiger charge is 2.27. The monoisotopic (exact) mass is 893 g/mol. The first-order valence-corrected chi connectivity index (χ1v) is 26.5. The minimum atomic E-state index is -4.39. The van der Waals surface area contributed by atoms with Gasteiger partial charge in [-0.25, -0.2) is 4.57 Å². The zero-order valence-corrected chi connectivity index (χ0v) is 41.5.